The molecule has 0 atom stereocenters. The van der Waals surface area contributed by atoms with Crippen molar-refractivity contribution in [1.29, 1.82) is 0 Å². The summed E-state index contributed by atoms with van der Waals surface area (Å²) in [5.41, 5.74) is 7.83. The number of carbonyl (C=O) groups excluding carboxylic acids is 1. The molecule has 6 nitrogen and oxygen atoms in total. The van der Waals surface area contributed by atoms with Crippen molar-refractivity contribution in [3.8, 4) is 17.2 Å². The van der Waals surface area contributed by atoms with Crippen LogP contribution in [0.1, 0.15) is 5.56 Å². The number of hydrogen-bond donors (Lipinski definition) is 2. The molecule has 0 spiro atoms. The van der Waals surface area contributed by atoms with Gasteiger partial charge in [0, 0.05) is 12.1 Å². The van der Waals surface area contributed by atoms with Gasteiger partial charge in [0.05, 0.1) is 25.6 Å². The standard InChI is InChI=1S/C17H20N2O4/c1-11-4-6-12(7-5-11)23-10-17(20)19-14-9-15(21-2)13(18)8-16(14)22-3/h4-9H,10,18H2,1-3H3,(H,19,20). The number of rotatable bonds is 6. The highest BCUT2D eigenvalue weighted by atomic mass is 16.5. The Morgan fingerprint density at radius 3 is 2.35 bits per heavy atom. The highest BCUT2D eigenvalue weighted by Crippen LogP contribution is 2.34. The van der Waals surface area contributed by atoms with Crippen LogP contribution in [-0.2, 0) is 4.79 Å². The molecule has 0 fully saturated rings. The van der Waals surface area contributed by atoms with Crippen molar-refractivity contribution in [1.82, 2.24) is 0 Å². The number of aryl methyl sites for hydroxylation is 1. The Hall–Kier alpha value is -2.89. The Morgan fingerprint density at radius 2 is 1.74 bits per heavy atom. The molecule has 0 bridgehead atoms. The lowest BCUT2D eigenvalue weighted by Gasteiger charge is -2.14. The Morgan fingerprint density at radius 1 is 1.09 bits per heavy atom. The third-order valence-electron chi connectivity index (χ3n) is 3.22. The molecular formula is C17H20N2O4. The number of amides is 1. The van der Waals surface area contributed by atoms with Crippen LogP contribution in [-0.4, -0.2) is 26.7 Å². The van der Waals surface area contributed by atoms with Gasteiger partial charge < -0.3 is 25.3 Å². The molecule has 0 aliphatic heterocycles. The Labute approximate surface area is 135 Å². The summed E-state index contributed by atoms with van der Waals surface area (Å²) in [6, 6.07) is 10.7. The van der Waals surface area contributed by atoms with Crippen LogP contribution in [0.3, 0.4) is 0 Å². The zero-order valence-corrected chi connectivity index (χ0v) is 13.4. The number of anilines is 2. The molecule has 6 heteroatoms. The van der Waals surface area contributed by atoms with Gasteiger partial charge in [-0.3, -0.25) is 4.79 Å². The first kappa shape index (κ1) is 16.5. The second-order valence-electron chi connectivity index (χ2n) is 4.94. The first-order chi connectivity index (χ1) is 11.0. The highest BCUT2D eigenvalue weighted by molar-refractivity contribution is 5.94. The molecule has 0 unspecified atom stereocenters. The summed E-state index contributed by atoms with van der Waals surface area (Å²) in [4.78, 5) is 12.0. The van der Waals surface area contributed by atoms with Crippen molar-refractivity contribution in [2.24, 2.45) is 0 Å². The first-order valence-electron chi connectivity index (χ1n) is 7.04. The summed E-state index contributed by atoms with van der Waals surface area (Å²) < 4.78 is 15.8. The smallest absolute Gasteiger partial charge is 0.262 e. The molecule has 2 aromatic rings. The molecule has 0 heterocycles. The van der Waals surface area contributed by atoms with E-state index < -0.39 is 0 Å². The van der Waals surface area contributed by atoms with Crippen LogP contribution in [0.2, 0.25) is 0 Å². The maximum absolute atomic E-state index is 12.0. The number of ether oxygens (including phenoxy) is 3. The molecule has 2 rings (SSSR count). The van der Waals surface area contributed by atoms with E-state index in [0.29, 0.717) is 28.6 Å². The summed E-state index contributed by atoms with van der Waals surface area (Å²) in [6.45, 7) is 1.87. The molecule has 23 heavy (non-hydrogen) atoms. The van der Waals surface area contributed by atoms with Crippen molar-refractivity contribution in [3.63, 3.8) is 0 Å². The van der Waals surface area contributed by atoms with Crippen molar-refractivity contribution in [2.45, 2.75) is 6.92 Å². The van der Waals surface area contributed by atoms with Gasteiger partial charge in [-0.15, -0.1) is 0 Å². The summed E-state index contributed by atoms with van der Waals surface area (Å²) in [5, 5.41) is 2.72. The van der Waals surface area contributed by atoms with E-state index in [1.54, 1.807) is 12.1 Å². The zero-order valence-electron chi connectivity index (χ0n) is 13.4. The number of methoxy groups -OCH3 is 2. The molecule has 0 saturated heterocycles. The summed E-state index contributed by atoms with van der Waals surface area (Å²) >= 11 is 0. The average molecular weight is 316 g/mol. The summed E-state index contributed by atoms with van der Waals surface area (Å²) in [5.74, 6) is 1.23. The van der Waals surface area contributed by atoms with Crippen molar-refractivity contribution < 1.29 is 19.0 Å². The second kappa shape index (κ2) is 7.40. The van der Waals surface area contributed by atoms with Gasteiger partial charge in [0.15, 0.2) is 6.61 Å². The van der Waals surface area contributed by atoms with Gasteiger partial charge in [-0.1, -0.05) is 17.7 Å². The van der Waals surface area contributed by atoms with E-state index in [9.17, 15) is 4.79 Å². The third kappa shape index (κ3) is 4.29. The largest absolute Gasteiger partial charge is 0.495 e. The molecule has 0 radical (unpaired) electrons. The van der Waals surface area contributed by atoms with Crippen LogP contribution in [0.4, 0.5) is 11.4 Å². The number of nitrogens with two attached hydrogens (primary N) is 1. The predicted octanol–water partition coefficient (Wildman–Crippen LogP) is 2.61. The minimum atomic E-state index is -0.310. The molecule has 0 aromatic heterocycles. The van der Waals surface area contributed by atoms with Gasteiger partial charge in [-0.2, -0.15) is 0 Å². The number of benzene rings is 2. The van der Waals surface area contributed by atoms with Gasteiger partial charge in [-0.25, -0.2) is 0 Å². The lowest BCUT2D eigenvalue weighted by Crippen LogP contribution is -2.20. The van der Waals surface area contributed by atoms with Crippen LogP contribution in [0.15, 0.2) is 36.4 Å². The normalized spacial score (nSPS) is 10.0. The van der Waals surface area contributed by atoms with Crippen LogP contribution >= 0.6 is 0 Å². The Bertz CT molecular complexity index is 684. The number of nitrogen functional groups attached to an aromatic ring is 1. The lowest BCUT2D eigenvalue weighted by molar-refractivity contribution is -0.118. The van der Waals surface area contributed by atoms with Crippen LogP contribution in [0, 0.1) is 6.92 Å². The predicted molar refractivity (Wildman–Crippen MR) is 89.3 cm³/mol. The van der Waals surface area contributed by atoms with Crippen LogP contribution < -0.4 is 25.3 Å². The SMILES string of the molecule is COc1cc(NC(=O)COc2ccc(C)cc2)c(OC)cc1N. The monoisotopic (exact) mass is 316 g/mol. The van der Waals surface area contributed by atoms with E-state index in [1.807, 2.05) is 31.2 Å². The maximum Gasteiger partial charge on any atom is 0.262 e. The van der Waals surface area contributed by atoms with E-state index in [4.69, 9.17) is 19.9 Å². The number of hydrogen-bond acceptors (Lipinski definition) is 5. The number of carbonyl (C=O) groups is 1. The molecular weight excluding hydrogens is 296 g/mol. The van der Waals surface area contributed by atoms with Crippen molar-refractivity contribution in [2.75, 3.05) is 31.9 Å². The van der Waals surface area contributed by atoms with Crippen molar-refractivity contribution in [3.05, 3.63) is 42.0 Å². The average Bonchev–Trinajstić information content (AvgIpc) is 2.55. The van der Waals surface area contributed by atoms with Gasteiger partial charge in [0.2, 0.25) is 0 Å². The first-order valence-corrected chi connectivity index (χ1v) is 7.04. The van der Waals surface area contributed by atoms with Crippen LogP contribution in [0.5, 0.6) is 17.2 Å². The zero-order chi connectivity index (χ0) is 16.8. The third-order valence-corrected chi connectivity index (χ3v) is 3.22. The van der Waals surface area contributed by atoms with Gasteiger partial charge in [0.1, 0.15) is 17.2 Å². The van der Waals surface area contributed by atoms with E-state index in [1.165, 1.54) is 14.2 Å². The Kier molecular flexibility index (Phi) is 5.30. The molecule has 0 aliphatic carbocycles. The lowest BCUT2D eigenvalue weighted by atomic mass is 10.2. The quantitative estimate of drug-likeness (QED) is 0.801. The summed E-state index contributed by atoms with van der Waals surface area (Å²) in [6.07, 6.45) is 0. The highest BCUT2D eigenvalue weighted by Gasteiger charge is 2.12. The van der Waals surface area contributed by atoms with Crippen molar-refractivity contribution >= 4 is 17.3 Å². The maximum atomic E-state index is 12.0. The van der Waals surface area contributed by atoms with E-state index in [-0.39, 0.29) is 12.5 Å². The fourth-order valence-corrected chi connectivity index (χ4v) is 1.99. The fraction of sp³-hybridized carbons (Fsp3) is 0.235. The van der Waals surface area contributed by atoms with Gasteiger partial charge in [-0.05, 0) is 19.1 Å². The molecule has 122 valence electrons. The second-order valence-corrected chi connectivity index (χ2v) is 4.94. The molecule has 3 N–H and O–H groups in total. The van der Waals surface area contributed by atoms with Gasteiger partial charge >= 0.3 is 0 Å². The minimum Gasteiger partial charge on any atom is -0.495 e. The molecule has 2 aromatic carbocycles. The summed E-state index contributed by atoms with van der Waals surface area (Å²) in [7, 11) is 3.00. The molecule has 1 amide bonds. The minimum absolute atomic E-state index is 0.112. The van der Waals surface area contributed by atoms with E-state index >= 15 is 0 Å². The Balaban J connectivity index is 2.03. The van der Waals surface area contributed by atoms with Crippen LogP contribution in [0.25, 0.3) is 0 Å². The molecule has 0 saturated carbocycles. The van der Waals surface area contributed by atoms with E-state index in [0.717, 1.165) is 5.56 Å². The molecule has 0 aliphatic rings. The topological polar surface area (TPSA) is 82.8 Å². The van der Waals surface area contributed by atoms with Gasteiger partial charge in [0.25, 0.3) is 5.91 Å². The fourth-order valence-electron chi connectivity index (χ4n) is 1.99. The number of nitrogens with one attached hydrogen (secondary N) is 1. The van der Waals surface area contributed by atoms with E-state index in [2.05, 4.69) is 5.32 Å².